The van der Waals surface area contributed by atoms with Crippen LogP contribution in [0.3, 0.4) is 0 Å². The topological polar surface area (TPSA) is 78.5 Å². The Morgan fingerprint density at radius 3 is 2.62 bits per heavy atom. The Balaban J connectivity index is 1.96. The highest BCUT2D eigenvalue weighted by molar-refractivity contribution is 5.92. The third-order valence-corrected chi connectivity index (χ3v) is 6.09. The van der Waals surface area contributed by atoms with Gasteiger partial charge in [-0.3, -0.25) is 14.4 Å². The second kappa shape index (κ2) is 14.4. The SMILES string of the molecule is C=CCCCCCCCC(=O)N(C)[C@H](Cc1ccccc1)C(=O)N[C@H]1CCCCNC1=O. The van der Waals surface area contributed by atoms with Crippen molar-refractivity contribution >= 4 is 17.7 Å². The average molecular weight is 442 g/mol. The molecule has 32 heavy (non-hydrogen) atoms. The van der Waals surface area contributed by atoms with Gasteiger partial charge in [0.2, 0.25) is 17.7 Å². The van der Waals surface area contributed by atoms with E-state index in [1.165, 1.54) is 0 Å². The zero-order valence-electron chi connectivity index (χ0n) is 19.5. The van der Waals surface area contributed by atoms with Gasteiger partial charge < -0.3 is 15.5 Å². The number of likely N-dealkylation sites (N-methyl/N-ethyl adjacent to an activating group) is 1. The number of carbonyl (C=O) groups is 3. The second-order valence-electron chi connectivity index (χ2n) is 8.65. The molecule has 6 heteroatoms. The molecule has 6 nitrogen and oxygen atoms in total. The van der Waals surface area contributed by atoms with Crippen molar-refractivity contribution in [3.8, 4) is 0 Å². The maximum atomic E-state index is 13.2. The van der Waals surface area contributed by atoms with Crippen molar-refractivity contribution in [2.24, 2.45) is 0 Å². The number of nitrogens with zero attached hydrogens (tertiary/aromatic N) is 1. The Hall–Kier alpha value is -2.63. The summed E-state index contributed by atoms with van der Waals surface area (Å²) in [7, 11) is 1.70. The molecule has 0 saturated carbocycles. The summed E-state index contributed by atoms with van der Waals surface area (Å²) in [5.74, 6) is -0.437. The Bertz CT molecular complexity index is 735. The van der Waals surface area contributed by atoms with Crippen molar-refractivity contribution in [1.82, 2.24) is 15.5 Å². The van der Waals surface area contributed by atoms with Gasteiger partial charge in [-0.15, -0.1) is 6.58 Å². The van der Waals surface area contributed by atoms with Gasteiger partial charge in [-0.1, -0.05) is 55.7 Å². The fourth-order valence-corrected chi connectivity index (χ4v) is 4.03. The number of benzene rings is 1. The number of nitrogens with one attached hydrogen (secondary N) is 2. The van der Waals surface area contributed by atoms with Gasteiger partial charge in [-0.05, 0) is 44.1 Å². The number of allylic oxidation sites excluding steroid dienone is 1. The van der Waals surface area contributed by atoms with Gasteiger partial charge in [0.05, 0.1) is 0 Å². The lowest BCUT2D eigenvalue weighted by Crippen LogP contribution is -2.54. The lowest BCUT2D eigenvalue weighted by atomic mass is 10.0. The highest BCUT2D eigenvalue weighted by atomic mass is 16.2. The smallest absolute Gasteiger partial charge is 0.243 e. The van der Waals surface area contributed by atoms with E-state index in [-0.39, 0.29) is 17.7 Å². The lowest BCUT2D eigenvalue weighted by molar-refractivity contribution is -0.140. The number of carbonyl (C=O) groups excluding carboxylic acids is 3. The summed E-state index contributed by atoms with van der Waals surface area (Å²) in [5.41, 5.74) is 0.986. The minimum absolute atomic E-state index is 0.0301. The Morgan fingerprint density at radius 2 is 1.88 bits per heavy atom. The predicted molar refractivity (Wildman–Crippen MR) is 128 cm³/mol. The van der Waals surface area contributed by atoms with Gasteiger partial charge in [0.15, 0.2) is 0 Å². The molecule has 1 aromatic carbocycles. The zero-order chi connectivity index (χ0) is 23.2. The van der Waals surface area contributed by atoms with Crippen molar-refractivity contribution < 1.29 is 14.4 Å². The Morgan fingerprint density at radius 1 is 1.16 bits per heavy atom. The van der Waals surface area contributed by atoms with E-state index >= 15 is 0 Å². The lowest BCUT2D eigenvalue weighted by Gasteiger charge is -2.29. The van der Waals surface area contributed by atoms with Crippen LogP contribution in [0.2, 0.25) is 0 Å². The summed E-state index contributed by atoms with van der Waals surface area (Å²) in [5, 5.41) is 5.76. The first kappa shape index (κ1) is 25.6. The average Bonchev–Trinajstić information content (AvgIpc) is 3.00. The van der Waals surface area contributed by atoms with E-state index in [2.05, 4.69) is 17.2 Å². The van der Waals surface area contributed by atoms with E-state index in [4.69, 9.17) is 0 Å². The highest BCUT2D eigenvalue weighted by Crippen LogP contribution is 2.14. The second-order valence-corrected chi connectivity index (χ2v) is 8.65. The molecule has 0 radical (unpaired) electrons. The third kappa shape index (κ3) is 8.85. The highest BCUT2D eigenvalue weighted by Gasteiger charge is 2.30. The summed E-state index contributed by atoms with van der Waals surface area (Å²) in [6, 6.07) is 8.52. The molecule has 0 unspecified atom stereocenters. The van der Waals surface area contributed by atoms with E-state index < -0.39 is 12.1 Å². The van der Waals surface area contributed by atoms with Crippen LogP contribution in [0.4, 0.5) is 0 Å². The van der Waals surface area contributed by atoms with Gasteiger partial charge in [0, 0.05) is 26.4 Å². The van der Waals surface area contributed by atoms with Gasteiger partial charge >= 0.3 is 0 Å². The maximum absolute atomic E-state index is 13.2. The summed E-state index contributed by atoms with van der Waals surface area (Å²) in [4.78, 5) is 39.9. The predicted octanol–water partition coefficient (Wildman–Crippen LogP) is 3.76. The Kier molecular flexibility index (Phi) is 11.6. The van der Waals surface area contributed by atoms with Crippen LogP contribution in [0.5, 0.6) is 0 Å². The molecule has 1 aromatic rings. The van der Waals surface area contributed by atoms with Crippen molar-refractivity contribution in [1.29, 1.82) is 0 Å². The molecule has 1 saturated heterocycles. The zero-order valence-corrected chi connectivity index (χ0v) is 19.5. The van der Waals surface area contributed by atoms with Crippen molar-refractivity contribution in [2.75, 3.05) is 13.6 Å². The third-order valence-electron chi connectivity index (χ3n) is 6.09. The first-order valence-corrected chi connectivity index (χ1v) is 12.0. The van der Waals surface area contributed by atoms with Crippen molar-refractivity contribution in [3.05, 3.63) is 48.6 Å². The quantitative estimate of drug-likeness (QED) is 0.361. The molecule has 1 aliphatic rings. The van der Waals surface area contributed by atoms with Gasteiger partial charge in [0.25, 0.3) is 0 Å². The molecule has 2 atom stereocenters. The van der Waals surface area contributed by atoms with Crippen LogP contribution in [-0.2, 0) is 20.8 Å². The molecule has 0 spiro atoms. The first-order chi connectivity index (χ1) is 15.5. The molecule has 1 heterocycles. The number of rotatable bonds is 13. The van der Waals surface area contributed by atoms with Crippen LogP contribution < -0.4 is 10.6 Å². The summed E-state index contributed by atoms with van der Waals surface area (Å²) in [6.07, 6.45) is 11.5. The van der Waals surface area contributed by atoms with Crippen LogP contribution in [-0.4, -0.2) is 48.3 Å². The van der Waals surface area contributed by atoms with Crippen LogP contribution >= 0.6 is 0 Å². The molecule has 0 aromatic heterocycles. The molecule has 1 aliphatic heterocycles. The van der Waals surface area contributed by atoms with Crippen molar-refractivity contribution in [2.45, 2.75) is 82.7 Å². The van der Waals surface area contributed by atoms with Crippen LogP contribution in [0, 0.1) is 0 Å². The molecule has 2 rings (SSSR count). The summed E-state index contributed by atoms with van der Waals surface area (Å²) < 4.78 is 0. The standard InChI is InChI=1S/C26H39N3O3/c1-3-4-5-6-7-8-12-18-24(30)29(2)23(20-21-15-10-9-11-16-21)26(32)28-22-17-13-14-19-27-25(22)31/h3,9-11,15-16,22-23H,1,4-8,12-14,17-20H2,2H3,(H,27,31)(H,28,32)/t22-,23+/m0/s1. The number of hydrogen-bond donors (Lipinski definition) is 2. The minimum Gasteiger partial charge on any atom is -0.354 e. The molecule has 3 amide bonds. The monoisotopic (exact) mass is 441 g/mol. The van der Waals surface area contributed by atoms with E-state index in [9.17, 15) is 14.4 Å². The van der Waals surface area contributed by atoms with Gasteiger partial charge in [0.1, 0.15) is 12.1 Å². The molecule has 176 valence electrons. The number of amides is 3. The minimum atomic E-state index is -0.645. The van der Waals surface area contributed by atoms with Gasteiger partial charge in [-0.2, -0.15) is 0 Å². The molecular weight excluding hydrogens is 402 g/mol. The fourth-order valence-electron chi connectivity index (χ4n) is 4.03. The molecule has 2 N–H and O–H groups in total. The number of hydrogen-bond acceptors (Lipinski definition) is 3. The normalized spacial score (nSPS) is 17.0. The molecule has 1 fully saturated rings. The Labute approximate surface area is 192 Å². The maximum Gasteiger partial charge on any atom is 0.243 e. The van der Waals surface area contributed by atoms with E-state index in [1.54, 1.807) is 11.9 Å². The molecular formula is C26H39N3O3. The van der Waals surface area contributed by atoms with Crippen LogP contribution in [0.1, 0.15) is 69.8 Å². The number of unbranched alkanes of at least 4 members (excludes halogenated alkanes) is 5. The van der Waals surface area contributed by atoms with Crippen molar-refractivity contribution in [3.63, 3.8) is 0 Å². The van der Waals surface area contributed by atoms with Gasteiger partial charge in [-0.25, -0.2) is 0 Å². The van der Waals surface area contributed by atoms with E-state index in [1.807, 2.05) is 36.4 Å². The van der Waals surface area contributed by atoms with E-state index in [0.29, 0.717) is 25.8 Å². The molecule has 0 bridgehead atoms. The fraction of sp³-hybridized carbons (Fsp3) is 0.577. The largest absolute Gasteiger partial charge is 0.354 e. The first-order valence-electron chi connectivity index (χ1n) is 12.0. The van der Waals surface area contributed by atoms with E-state index in [0.717, 1.165) is 56.9 Å². The summed E-state index contributed by atoms with van der Waals surface area (Å²) >= 11 is 0. The molecule has 0 aliphatic carbocycles. The van der Waals surface area contributed by atoms with Crippen LogP contribution in [0.15, 0.2) is 43.0 Å². The van der Waals surface area contributed by atoms with Crippen LogP contribution in [0.25, 0.3) is 0 Å². The summed E-state index contributed by atoms with van der Waals surface area (Å²) in [6.45, 7) is 4.38.